The Morgan fingerprint density at radius 3 is 2.43 bits per heavy atom. The van der Waals surface area contributed by atoms with Gasteiger partial charge in [-0.25, -0.2) is 0 Å². The zero-order valence-electron chi connectivity index (χ0n) is 17.9. The third-order valence-electron chi connectivity index (χ3n) is 5.70. The van der Waals surface area contributed by atoms with Gasteiger partial charge in [0.1, 0.15) is 0 Å². The fourth-order valence-electron chi connectivity index (χ4n) is 4.06. The third kappa shape index (κ3) is 5.65. The second-order valence-corrected chi connectivity index (χ2v) is 7.65. The molecule has 30 heavy (non-hydrogen) atoms. The molecule has 1 aliphatic rings. The minimum Gasteiger partial charge on any atom is -0.493 e. The van der Waals surface area contributed by atoms with E-state index in [2.05, 4.69) is 29.2 Å². The van der Waals surface area contributed by atoms with Crippen LogP contribution in [-0.4, -0.2) is 63.2 Å². The molecule has 0 unspecified atom stereocenters. The van der Waals surface area contributed by atoms with Gasteiger partial charge in [0.15, 0.2) is 11.5 Å². The van der Waals surface area contributed by atoms with Crippen molar-refractivity contribution < 1.29 is 14.3 Å². The molecule has 3 rings (SSSR count). The second-order valence-electron chi connectivity index (χ2n) is 7.65. The highest BCUT2D eigenvalue weighted by Gasteiger charge is 2.33. The Kier molecular flexibility index (Phi) is 8.96. The number of nitrogens with two attached hydrogens (primary N) is 1. The van der Waals surface area contributed by atoms with Crippen LogP contribution in [0, 0.1) is 5.92 Å². The summed E-state index contributed by atoms with van der Waals surface area (Å²) in [5.41, 5.74) is 8.33. The van der Waals surface area contributed by atoms with Crippen molar-refractivity contribution in [2.24, 2.45) is 11.7 Å². The maximum Gasteiger partial charge on any atom is 0.236 e. The maximum absolute atomic E-state index is 12.8. The number of likely N-dealkylation sites (tertiary alicyclic amines) is 1. The van der Waals surface area contributed by atoms with Crippen molar-refractivity contribution in [3.63, 3.8) is 0 Å². The van der Waals surface area contributed by atoms with Crippen molar-refractivity contribution in [3.05, 3.63) is 59.7 Å². The van der Waals surface area contributed by atoms with Crippen LogP contribution in [0.3, 0.4) is 0 Å². The molecule has 2 aromatic carbocycles. The van der Waals surface area contributed by atoms with Crippen LogP contribution in [0.4, 0.5) is 0 Å². The number of halogens is 1. The van der Waals surface area contributed by atoms with Gasteiger partial charge in [0.2, 0.25) is 5.91 Å². The summed E-state index contributed by atoms with van der Waals surface area (Å²) in [6, 6.07) is 16.2. The van der Waals surface area contributed by atoms with Crippen molar-refractivity contribution in [1.82, 2.24) is 9.80 Å². The number of nitrogens with zero attached hydrogens (tertiary/aromatic N) is 2. The molecule has 1 saturated heterocycles. The SMILES string of the molecule is COc1ccc(CN(C)C(=O)CN2C[C@@H](CN)[C@H](c3ccccc3)C2)cc1OC.Cl. The van der Waals surface area contributed by atoms with Crippen LogP contribution in [0.25, 0.3) is 0 Å². The molecule has 0 spiro atoms. The molecule has 1 heterocycles. The Morgan fingerprint density at radius 1 is 1.10 bits per heavy atom. The molecule has 0 radical (unpaired) electrons. The largest absolute Gasteiger partial charge is 0.493 e. The quantitative estimate of drug-likeness (QED) is 0.693. The number of methoxy groups -OCH3 is 2. The lowest BCUT2D eigenvalue weighted by Gasteiger charge is -2.22. The van der Waals surface area contributed by atoms with Gasteiger partial charge in [-0.05, 0) is 35.7 Å². The Bertz CT molecular complexity index is 819. The van der Waals surface area contributed by atoms with Gasteiger partial charge in [0.25, 0.3) is 0 Å². The first-order valence-corrected chi connectivity index (χ1v) is 9.98. The van der Waals surface area contributed by atoms with Crippen molar-refractivity contribution in [2.75, 3.05) is 47.4 Å². The van der Waals surface area contributed by atoms with Crippen LogP contribution in [0.15, 0.2) is 48.5 Å². The molecule has 2 aromatic rings. The number of hydrogen-bond acceptors (Lipinski definition) is 5. The number of carbonyl (C=O) groups excluding carboxylic acids is 1. The molecule has 0 saturated carbocycles. The minimum atomic E-state index is 0. The molecule has 1 aliphatic heterocycles. The van der Waals surface area contributed by atoms with Crippen LogP contribution in [0.1, 0.15) is 17.0 Å². The number of amides is 1. The molecular weight excluding hydrogens is 402 g/mol. The summed E-state index contributed by atoms with van der Waals surface area (Å²) in [4.78, 5) is 16.8. The zero-order chi connectivity index (χ0) is 20.8. The van der Waals surface area contributed by atoms with E-state index in [4.69, 9.17) is 15.2 Å². The molecule has 0 bridgehead atoms. The number of benzene rings is 2. The molecule has 1 amide bonds. The average Bonchev–Trinajstić information content (AvgIpc) is 3.17. The van der Waals surface area contributed by atoms with Crippen molar-refractivity contribution in [3.8, 4) is 11.5 Å². The van der Waals surface area contributed by atoms with E-state index in [-0.39, 0.29) is 18.3 Å². The highest BCUT2D eigenvalue weighted by Crippen LogP contribution is 2.32. The van der Waals surface area contributed by atoms with Crippen molar-refractivity contribution in [2.45, 2.75) is 12.5 Å². The van der Waals surface area contributed by atoms with E-state index in [1.54, 1.807) is 19.1 Å². The normalized spacial score (nSPS) is 18.5. The van der Waals surface area contributed by atoms with Gasteiger partial charge in [-0.3, -0.25) is 9.69 Å². The summed E-state index contributed by atoms with van der Waals surface area (Å²) in [6.07, 6.45) is 0. The zero-order valence-corrected chi connectivity index (χ0v) is 18.7. The first-order chi connectivity index (χ1) is 14.0. The number of rotatable bonds is 8. The van der Waals surface area contributed by atoms with E-state index < -0.39 is 0 Å². The van der Waals surface area contributed by atoms with E-state index in [0.29, 0.717) is 43.0 Å². The summed E-state index contributed by atoms with van der Waals surface area (Å²) in [5.74, 6) is 2.21. The van der Waals surface area contributed by atoms with E-state index in [0.717, 1.165) is 18.7 Å². The van der Waals surface area contributed by atoms with E-state index in [1.807, 2.05) is 31.3 Å². The van der Waals surface area contributed by atoms with Gasteiger partial charge in [-0.1, -0.05) is 36.4 Å². The first-order valence-electron chi connectivity index (χ1n) is 9.98. The average molecular weight is 434 g/mol. The topological polar surface area (TPSA) is 68.0 Å². The molecule has 6 nitrogen and oxygen atoms in total. The smallest absolute Gasteiger partial charge is 0.236 e. The Labute approximate surface area is 185 Å². The van der Waals surface area contributed by atoms with Gasteiger partial charge < -0.3 is 20.1 Å². The highest BCUT2D eigenvalue weighted by molar-refractivity contribution is 5.85. The lowest BCUT2D eigenvalue weighted by Crippen LogP contribution is -2.37. The van der Waals surface area contributed by atoms with Crippen molar-refractivity contribution in [1.29, 1.82) is 0 Å². The third-order valence-corrected chi connectivity index (χ3v) is 5.70. The fraction of sp³-hybridized carbons (Fsp3) is 0.435. The van der Waals surface area contributed by atoms with Gasteiger partial charge >= 0.3 is 0 Å². The molecule has 2 atom stereocenters. The standard InChI is InChI=1S/C23H31N3O3.ClH/c1-25(13-17-9-10-21(28-2)22(11-17)29-3)23(27)16-26-14-19(12-24)20(15-26)18-7-5-4-6-8-18;/h4-11,19-20H,12-16,24H2,1-3H3;1H/t19-,20+;/m1./s1. The molecule has 0 aliphatic carbocycles. The Balaban J connectivity index is 0.00000320. The number of carbonyl (C=O) groups is 1. The lowest BCUT2D eigenvalue weighted by molar-refractivity contribution is -0.131. The van der Waals surface area contributed by atoms with E-state index in [1.165, 1.54) is 5.56 Å². The molecule has 1 fully saturated rings. The maximum atomic E-state index is 12.8. The molecule has 0 aromatic heterocycles. The predicted molar refractivity (Wildman–Crippen MR) is 121 cm³/mol. The minimum absolute atomic E-state index is 0. The van der Waals surface area contributed by atoms with E-state index in [9.17, 15) is 4.79 Å². The monoisotopic (exact) mass is 433 g/mol. The van der Waals surface area contributed by atoms with Gasteiger partial charge in [0, 0.05) is 32.6 Å². The Morgan fingerprint density at radius 2 is 1.80 bits per heavy atom. The van der Waals surface area contributed by atoms with E-state index >= 15 is 0 Å². The lowest BCUT2D eigenvalue weighted by atomic mass is 9.89. The Hall–Kier alpha value is -2.28. The first kappa shape index (κ1) is 24.0. The fourth-order valence-corrected chi connectivity index (χ4v) is 4.06. The highest BCUT2D eigenvalue weighted by atomic mass is 35.5. The van der Waals surface area contributed by atoms with Crippen LogP contribution >= 0.6 is 12.4 Å². The number of ether oxygens (including phenoxy) is 2. The van der Waals surface area contributed by atoms with Crippen molar-refractivity contribution >= 4 is 18.3 Å². The summed E-state index contributed by atoms with van der Waals surface area (Å²) < 4.78 is 10.6. The summed E-state index contributed by atoms with van der Waals surface area (Å²) >= 11 is 0. The van der Waals surface area contributed by atoms with Crippen LogP contribution in [-0.2, 0) is 11.3 Å². The number of likely N-dealkylation sites (N-methyl/N-ethyl adjacent to an activating group) is 1. The van der Waals surface area contributed by atoms with Crippen LogP contribution in [0.2, 0.25) is 0 Å². The summed E-state index contributed by atoms with van der Waals surface area (Å²) in [5, 5.41) is 0. The predicted octanol–water partition coefficient (Wildman–Crippen LogP) is 2.76. The van der Waals surface area contributed by atoms with Gasteiger partial charge in [-0.2, -0.15) is 0 Å². The molecule has 164 valence electrons. The van der Waals surface area contributed by atoms with Crippen LogP contribution in [0.5, 0.6) is 11.5 Å². The second kappa shape index (κ2) is 11.2. The molecule has 7 heteroatoms. The molecule has 2 N–H and O–H groups in total. The van der Waals surface area contributed by atoms with Gasteiger partial charge in [-0.15, -0.1) is 12.4 Å². The number of hydrogen-bond donors (Lipinski definition) is 1. The summed E-state index contributed by atoms with van der Waals surface area (Å²) in [6.45, 7) is 3.28. The molecular formula is C23H32ClN3O3. The van der Waals surface area contributed by atoms with Crippen LogP contribution < -0.4 is 15.2 Å². The summed E-state index contributed by atoms with van der Waals surface area (Å²) in [7, 11) is 5.06. The van der Waals surface area contributed by atoms with Gasteiger partial charge in [0.05, 0.1) is 20.8 Å².